The molecule has 3 atom stereocenters. The number of aromatic hydroxyl groups is 1. The summed E-state index contributed by atoms with van der Waals surface area (Å²) in [7, 11) is 0. The molecule has 9 rings (SSSR count). The highest BCUT2D eigenvalue weighted by molar-refractivity contribution is 6.03. The third-order valence-corrected chi connectivity index (χ3v) is 17.5. The van der Waals surface area contributed by atoms with Crippen LogP contribution in [0.3, 0.4) is 0 Å². The molecule has 3 aromatic heterocycles. The zero-order valence-corrected chi connectivity index (χ0v) is 49.6. The Morgan fingerprint density at radius 3 is 2.40 bits per heavy atom. The molecule has 454 valence electrons. The molecule has 5 heterocycles. The van der Waals surface area contributed by atoms with Crippen molar-refractivity contribution in [1.82, 2.24) is 29.4 Å². The molecule has 4 aliphatic rings. The molecule has 20 heteroatoms. The second kappa shape index (κ2) is 28.6. The predicted molar refractivity (Wildman–Crippen MR) is 316 cm³/mol. The van der Waals surface area contributed by atoms with E-state index < -0.39 is 11.8 Å². The van der Waals surface area contributed by atoms with Gasteiger partial charge >= 0.3 is 6.16 Å². The Hall–Kier alpha value is -7.45. The Balaban J connectivity index is 0.655. The number of unbranched alkanes of at least 4 members (excludes halogenated alkanes) is 2. The van der Waals surface area contributed by atoms with Crippen LogP contribution in [0, 0.1) is 23.7 Å². The fourth-order valence-corrected chi connectivity index (χ4v) is 12.7. The molecular weight excluding hydrogens is 1090 g/mol. The van der Waals surface area contributed by atoms with Gasteiger partial charge in [0.1, 0.15) is 31.4 Å². The third-order valence-electron chi connectivity index (χ3n) is 17.5. The Morgan fingerprint density at radius 2 is 1.66 bits per heavy atom. The summed E-state index contributed by atoms with van der Waals surface area (Å²) >= 11 is 0. The standard InChI is InChI=1S/C65H81N7O13/c1-5-8-9-11-44(31-50(75)40-83-39-49(74)12-10-28-82-29-27-70-36-47(68-69-70)21-25-58(76)45-17-13-42(14-18-45)35-72-60(78)30-41(4)62(72)79)34-66-46-19-15-43(16-20-46)38-84-64(81)85-65(7-3)55-33-57-61-54(37-71(57)63(80)52(55)23-26-59(65)77)51(6-2)53-32-48(73)22-24-56(53)67-61/h15-16,19-20,22,24,32-33,36,41-42,44-45,66,73H,5-14,17-18,21,23,25-31,34-35,37-40H2,1-4H3. The molecule has 0 spiro atoms. The number of carbonyl (C=O) groups excluding carboxylic acids is 7. The molecule has 2 aliphatic heterocycles. The highest BCUT2D eigenvalue weighted by atomic mass is 16.7. The number of pyridine rings is 2. The molecule has 3 unspecified atom stereocenters. The van der Waals surface area contributed by atoms with Gasteiger partial charge in [0, 0.05) is 104 Å². The first-order valence-corrected chi connectivity index (χ1v) is 30.7. The van der Waals surface area contributed by atoms with E-state index in [4.69, 9.17) is 23.9 Å². The van der Waals surface area contributed by atoms with E-state index in [-0.39, 0.29) is 115 Å². The van der Waals surface area contributed by atoms with E-state index in [1.807, 2.05) is 37.4 Å². The van der Waals surface area contributed by atoms with Gasteiger partial charge in [0.15, 0.2) is 23.0 Å². The van der Waals surface area contributed by atoms with Gasteiger partial charge in [0.05, 0.1) is 42.3 Å². The number of aromatic nitrogens is 5. The van der Waals surface area contributed by atoms with Crippen molar-refractivity contribution in [3.63, 3.8) is 0 Å². The van der Waals surface area contributed by atoms with E-state index in [0.29, 0.717) is 112 Å². The summed E-state index contributed by atoms with van der Waals surface area (Å²) < 4.78 is 26.3. The van der Waals surface area contributed by atoms with Crippen molar-refractivity contribution in [3.8, 4) is 17.1 Å². The molecule has 2 aromatic carbocycles. The van der Waals surface area contributed by atoms with Crippen molar-refractivity contribution < 1.29 is 57.6 Å². The summed E-state index contributed by atoms with van der Waals surface area (Å²) in [6.07, 6.45) is 11.1. The number of nitrogens with zero attached hydrogens (tertiary/aromatic N) is 6. The Kier molecular flexibility index (Phi) is 20.9. The number of amides is 2. The van der Waals surface area contributed by atoms with Crippen molar-refractivity contribution in [2.75, 3.05) is 44.8 Å². The maximum atomic E-state index is 14.2. The lowest BCUT2D eigenvalue weighted by atomic mass is 9.76. The predicted octanol–water partition coefficient (Wildman–Crippen LogP) is 9.11. The average molecular weight is 1170 g/mol. The summed E-state index contributed by atoms with van der Waals surface area (Å²) in [5.74, 6) is -0.281. The molecule has 20 nitrogen and oxygen atoms in total. The number of aryl methyl sites for hydroxylation is 2. The average Bonchev–Trinajstić information content (AvgIpc) is 1.76. The number of phenols is 1. The maximum absolute atomic E-state index is 14.2. The first-order valence-electron chi connectivity index (χ1n) is 30.7. The molecule has 2 fully saturated rings. The van der Waals surface area contributed by atoms with E-state index in [1.165, 1.54) is 4.90 Å². The number of imide groups is 1. The number of carbonyl (C=O) groups is 7. The van der Waals surface area contributed by atoms with Crippen LogP contribution < -0.4 is 10.9 Å². The van der Waals surface area contributed by atoms with Crippen molar-refractivity contribution in [3.05, 3.63) is 98.6 Å². The molecule has 5 aromatic rings. The van der Waals surface area contributed by atoms with Crippen molar-refractivity contribution >= 4 is 57.7 Å². The van der Waals surface area contributed by atoms with Crippen LogP contribution in [-0.4, -0.2) is 115 Å². The van der Waals surface area contributed by atoms with E-state index in [0.717, 1.165) is 79.3 Å². The van der Waals surface area contributed by atoms with Crippen molar-refractivity contribution in [2.45, 2.75) is 169 Å². The van der Waals surface area contributed by atoms with Gasteiger partial charge in [-0.15, -0.1) is 5.10 Å². The van der Waals surface area contributed by atoms with Crippen molar-refractivity contribution in [2.24, 2.45) is 23.7 Å². The number of hydrogen-bond acceptors (Lipinski definition) is 17. The number of phenolic OH excluding ortho intramolecular Hbond substituents is 1. The van der Waals surface area contributed by atoms with Crippen LogP contribution >= 0.6 is 0 Å². The summed E-state index contributed by atoms with van der Waals surface area (Å²) in [6, 6.07) is 14.2. The lowest BCUT2D eigenvalue weighted by molar-refractivity contribution is -0.144. The van der Waals surface area contributed by atoms with E-state index in [1.54, 1.807) is 47.4 Å². The van der Waals surface area contributed by atoms with Crippen LogP contribution in [0.1, 0.15) is 158 Å². The van der Waals surface area contributed by atoms with Crippen LogP contribution in [-0.2, 0) is 92.3 Å². The minimum absolute atomic E-state index is 0.00900. The van der Waals surface area contributed by atoms with Crippen LogP contribution in [0.2, 0.25) is 0 Å². The highest BCUT2D eigenvalue weighted by Crippen LogP contribution is 2.43. The fourth-order valence-electron chi connectivity index (χ4n) is 12.7. The number of anilines is 1. The van der Waals surface area contributed by atoms with Gasteiger partial charge < -0.3 is 33.9 Å². The molecule has 1 saturated carbocycles. The van der Waals surface area contributed by atoms with Crippen molar-refractivity contribution in [1.29, 1.82) is 0 Å². The molecule has 1 saturated heterocycles. The molecule has 0 bridgehead atoms. The first-order chi connectivity index (χ1) is 41.1. The number of fused-ring (bicyclic) bond motifs is 5. The number of hydrogen-bond donors (Lipinski definition) is 2. The van der Waals surface area contributed by atoms with Gasteiger partial charge in [0.2, 0.25) is 11.8 Å². The molecule has 2 aliphatic carbocycles. The minimum atomic E-state index is -1.73. The third kappa shape index (κ3) is 15.0. The zero-order chi connectivity index (χ0) is 60.2. The normalized spacial score (nSPS) is 19.4. The Bertz CT molecular complexity index is 3330. The number of Topliss-reactive ketones (excluding diaryl/α,β-unsaturated/α-hetero) is 4. The fraction of sp³-hybridized carbons (Fsp3) is 0.554. The Morgan fingerprint density at radius 1 is 0.871 bits per heavy atom. The van der Waals surface area contributed by atoms with Gasteiger partial charge in [-0.2, -0.15) is 0 Å². The number of rotatable bonds is 31. The largest absolute Gasteiger partial charge is 0.509 e. The monoisotopic (exact) mass is 1170 g/mol. The van der Waals surface area contributed by atoms with Gasteiger partial charge in [-0.05, 0) is 117 Å². The lowest BCUT2D eigenvalue weighted by Crippen LogP contribution is -2.46. The molecular formula is C65H81N7O13. The number of likely N-dealkylation sites (tertiary alicyclic amines) is 1. The lowest BCUT2D eigenvalue weighted by Gasteiger charge is -2.36. The first kappa shape index (κ1) is 62.1. The van der Waals surface area contributed by atoms with Gasteiger partial charge in [-0.3, -0.25) is 38.5 Å². The van der Waals surface area contributed by atoms with E-state index in [2.05, 4.69) is 22.6 Å². The van der Waals surface area contributed by atoms with Gasteiger partial charge in [-0.25, -0.2) is 14.5 Å². The maximum Gasteiger partial charge on any atom is 0.509 e. The number of ketones is 4. The van der Waals surface area contributed by atoms with E-state index in [9.17, 15) is 43.5 Å². The topological polar surface area (TPSA) is 258 Å². The van der Waals surface area contributed by atoms with Crippen LogP contribution in [0.4, 0.5) is 10.5 Å². The van der Waals surface area contributed by atoms with Crippen LogP contribution in [0.25, 0.3) is 22.3 Å². The smallest absolute Gasteiger partial charge is 0.508 e. The van der Waals surface area contributed by atoms with Gasteiger partial charge in [0.25, 0.3) is 5.56 Å². The molecule has 85 heavy (non-hydrogen) atoms. The zero-order valence-electron chi connectivity index (χ0n) is 49.6. The number of benzene rings is 2. The van der Waals surface area contributed by atoms with Crippen LogP contribution in [0.5, 0.6) is 5.75 Å². The Labute approximate surface area is 495 Å². The SMILES string of the molecule is CCCCCC(CNc1ccc(COC(=O)OC2(CC)C(=O)CCc3c2cc2n(c3=O)Cc3c-2nc2ccc(O)cc2c3CC)cc1)CC(=O)COCC(=O)CCCOCCn1cc(CCC(=O)C2CCC(CN3C(=O)CC(C)C3=O)CC2)nn1. The molecule has 2 N–H and O–H groups in total. The summed E-state index contributed by atoms with van der Waals surface area (Å²) in [4.78, 5) is 111. The van der Waals surface area contributed by atoms with Gasteiger partial charge in [-0.1, -0.05) is 64.3 Å². The summed E-state index contributed by atoms with van der Waals surface area (Å²) in [6.45, 7) is 9.80. The second-order valence-electron chi connectivity index (χ2n) is 23.6. The van der Waals surface area contributed by atoms with E-state index >= 15 is 0 Å². The number of ether oxygens (including phenoxy) is 4. The summed E-state index contributed by atoms with van der Waals surface area (Å²) in [5.41, 5.74) is 4.75. The quantitative estimate of drug-likeness (QED) is 0.0234. The minimum Gasteiger partial charge on any atom is -0.508 e. The summed E-state index contributed by atoms with van der Waals surface area (Å²) in [5, 5.41) is 22.9. The highest BCUT2D eigenvalue weighted by Gasteiger charge is 2.49. The number of nitrogens with one attached hydrogen (secondary N) is 1. The van der Waals surface area contributed by atoms with Crippen LogP contribution in [0.15, 0.2) is 59.5 Å². The molecule has 2 amide bonds. The molecule has 0 radical (unpaired) electrons. The second-order valence-corrected chi connectivity index (χ2v) is 23.6.